The molecule has 1 rings (SSSR count). The number of ether oxygens (including phenoxy) is 1. The average molecular weight is 223 g/mol. The van der Waals surface area contributed by atoms with E-state index in [4.69, 9.17) is 5.73 Å². The van der Waals surface area contributed by atoms with E-state index in [1.807, 2.05) is 13.8 Å². The van der Waals surface area contributed by atoms with Crippen LogP contribution in [0.3, 0.4) is 0 Å². The maximum Gasteiger partial charge on any atom is 0.306 e. The fraction of sp³-hybridized carbons (Fsp3) is 0.545. The van der Waals surface area contributed by atoms with E-state index in [-0.39, 0.29) is 18.4 Å². The third-order valence-electron chi connectivity index (χ3n) is 2.89. The van der Waals surface area contributed by atoms with Gasteiger partial charge in [-0.3, -0.25) is 14.8 Å². The first-order valence-corrected chi connectivity index (χ1v) is 5.09. The molecular formula is C11H17N3O2. The first kappa shape index (κ1) is 12.6. The van der Waals surface area contributed by atoms with Gasteiger partial charge in [0.2, 0.25) is 0 Å². The molecule has 0 aliphatic heterocycles. The Kier molecular flexibility index (Phi) is 3.95. The molecule has 88 valence electrons. The number of nitrogens with zero attached hydrogens (tertiary/aromatic N) is 2. The van der Waals surface area contributed by atoms with Crippen LogP contribution in [0.5, 0.6) is 0 Å². The van der Waals surface area contributed by atoms with Gasteiger partial charge in [-0.1, -0.05) is 6.92 Å². The molecular weight excluding hydrogens is 206 g/mol. The van der Waals surface area contributed by atoms with Crippen LogP contribution in [0.25, 0.3) is 0 Å². The van der Waals surface area contributed by atoms with Crippen molar-refractivity contribution in [3.05, 3.63) is 24.3 Å². The second-order valence-electron chi connectivity index (χ2n) is 4.05. The van der Waals surface area contributed by atoms with E-state index in [0.29, 0.717) is 5.69 Å². The second-order valence-corrected chi connectivity index (χ2v) is 4.05. The molecule has 0 saturated heterocycles. The van der Waals surface area contributed by atoms with Gasteiger partial charge < -0.3 is 10.5 Å². The second kappa shape index (κ2) is 5.03. The summed E-state index contributed by atoms with van der Waals surface area (Å²) in [6.45, 7) is 3.73. The molecule has 2 unspecified atom stereocenters. The highest BCUT2D eigenvalue weighted by molar-refractivity contribution is 5.71. The predicted octanol–water partition coefficient (Wildman–Crippen LogP) is 0.645. The molecule has 2 atom stereocenters. The van der Waals surface area contributed by atoms with Crippen LogP contribution >= 0.6 is 0 Å². The summed E-state index contributed by atoms with van der Waals surface area (Å²) in [5.74, 6) is -0.301. The van der Waals surface area contributed by atoms with E-state index in [1.54, 1.807) is 18.6 Å². The number of esters is 1. The first-order valence-electron chi connectivity index (χ1n) is 5.09. The van der Waals surface area contributed by atoms with Gasteiger partial charge in [0, 0.05) is 30.0 Å². The van der Waals surface area contributed by atoms with Gasteiger partial charge in [-0.05, 0) is 6.92 Å². The standard InChI is InChI=1S/C11H17N3O2/c1-8(12)11(2,6-10(15)16-3)9-7-13-4-5-14-9/h4-5,7-8H,6,12H2,1-3H3. The molecule has 1 aromatic rings. The van der Waals surface area contributed by atoms with Crippen LogP contribution in [0.2, 0.25) is 0 Å². The van der Waals surface area contributed by atoms with E-state index in [9.17, 15) is 4.79 Å². The van der Waals surface area contributed by atoms with Crippen molar-refractivity contribution in [1.29, 1.82) is 0 Å². The van der Waals surface area contributed by atoms with Gasteiger partial charge in [-0.25, -0.2) is 0 Å². The quantitative estimate of drug-likeness (QED) is 0.758. The van der Waals surface area contributed by atoms with Crippen LogP contribution < -0.4 is 5.73 Å². The Hall–Kier alpha value is -1.49. The lowest BCUT2D eigenvalue weighted by atomic mass is 9.77. The Morgan fingerprint density at radius 1 is 1.62 bits per heavy atom. The predicted molar refractivity (Wildman–Crippen MR) is 59.7 cm³/mol. The number of methoxy groups -OCH3 is 1. The highest BCUT2D eigenvalue weighted by atomic mass is 16.5. The Balaban J connectivity index is 3.02. The van der Waals surface area contributed by atoms with Crippen LogP contribution in [-0.2, 0) is 14.9 Å². The summed E-state index contributed by atoms with van der Waals surface area (Å²) < 4.78 is 4.67. The number of hydrogen-bond acceptors (Lipinski definition) is 5. The summed E-state index contributed by atoms with van der Waals surface area (Å²) >= 11 is 0. The topological polar surface area (TPSA) is 78.1 Å². The summed E-state index contributed by atoms with van der Waals surface area (Å²) in [5, 5.41) is 0. The normalized spacial score (nSPS) is 16.2. The molecule has 2 N–H and O–H groups in total. The van der Waals surface area contributed by atoms with Gasteiger partial charge >= 0.3 is 5.97 Å². The van der Waals surface area contributed by atoms with E-state index >= 15 is 0 Å². The molecule has 5 nitrogen and oxygen atoms in total. The van der Waals surface area contributed by atoms with Crippen molar-refractivity contribution < 1.29 is 9.53 Å². The summed E-state index contributed by atoms with van der Waals surface area (Å²) in [4.78, 5) is 19.6. The molecule has 0 radical (unpaired) electrons. The number of hydrogen-bond donors (Lipinski definition) is 1. The van der Waals surface area contributed by atoms with Crippen LogP contribution in [0.1, 0.15) is 26.0 Å². The molecule has 1 aromatic heterocycles. The van der Waals surface area contributed by atoms with E-state index in [2.05, 4.69) is 14.7 Å². The molecule has 16 heavy (non-hydrogen) atoms. The Bertz CT molecular complexity index is 354. The monoisotopic (exact) mass is 223 g/mol. The Labute approximate surface area is 95.0 Å². The molecule has 0 aliphatic rings. The van der Waals surface area contributed by atoms with Crippen LogP contribution in [-0.4, -0.2) is 29.1 Å². The zero-order chi connectivity index (χ0) is 12.2. The lowest BCUT2D eigenvalue weighted by Crippen LogP contribution is -2.43. The van der Waals surface area contributed by atoms with Gasteiger partial charge in [-0.15, -0.1) is 0 Å². The minimum Gasteiger partial charge on any atom is -0.469 e. The maximum atomic E-state index is 11.4. The third-order valence-corrected chi connectivity index (χ3v) is 2.89. The molecule has 0 spiro atoms. The summed E-state index contributed by atoms with van der Waals surface area (Å²) in [5.41, 5.74) is 6.08. The van der Waals surface area contributed by atoms with Crippen molar-refractivity contribution in [1.82, 2.24) is 9.97 Å². The molecule has 0 aromatic carbocycles. The molecule has 0 bridgehead atoms. The number of nitrogens with two attached hydrogens (primary N) is 1. The maximum absolute atomic E-state index is 11.4. The van der Waals surface area contributed by atoms with Crippen molar-refractivity contribution >= 4 is 5.97 Å². The number of rotatable bonds is 4. The van der Waals surface area contributed by atoms with Crippen LogP contribution in [0.15, 0.2) is 18.6 Å². The summed E-state index contributed by atoms with van der Waals surface area (Å²) in [7, 11) is 1.36. The SMILES string of the molecule is COC(=O)CC(C)(c1cnccn1)C(C)N. The van der Waals surface area contributed by atoms with Crippen molar-refractivity contribution in [2.45, 2.75) is 31.7 Å². The molecule has 5 heteroatoms. The van der Waals surface area contributed by atoms with Gasteiger partial charge in [-0.2, -0.15) is 0 Å². The number of carbonyl (C=O) groups excluding carboxylic acids is 1. The van der Waals surface area contributed by atoms with Gasteiger partial charge in [0.05, 0.1) is 19.2 Å². The van der Waals surface area contributed by atoms with Crippen molar-refractivity contribution in [3.63, 3.8) is 0 Å². The van der Waals surface area contributed by atoms with E-state index in [0.717, 1.165) is 0 Å². The molecule has 1 heterocycles. The minimum absolute atomic E-state index is 0.194. The molecule has 0 fully saturated rings. The van der Waals surface area contributed by atoms with Gasteiger partial charge in [0.1, 0.15) is 0 Å². The van der Waals surface area contributed by atoms with Crippen LogP contribution in [0.4, 0.5) is 0 Å². The number of carbonyl (C=O) groups is 1. The van der Waals surface area contributed by atoms with Crippen molar-refractivity contribution in [2.75, 3.05) is 7.11 Å². The zero-order valence-corrected chi connectivity index (χ0v) is 9.80. The molecule has 0 amide bonds. The van der Waals surface area contributed by atoms with E-state index in [1.165, 1.54) is 7.11 Å². The lowest BCUT2D eigenvalue weighted by molar-refractivity contribution is -0.142. The fourth-order valence-corrected chi connectivity index (χ4v) is 1.45. The van der Waals surface area contributed by atoms with Gasteiger partial charge in [0.25, 0.3) is 0 Å². The fourth-order valence-electron chi connectivity index (χ4n) is 1.45. The highest BCUT2D eigenvalue weighted by Crippen LogP contribution is 2.28. The van der Waals surface area contributed by atoms with Crippen molar-refractivity contribution in [2.24, 2.45) is 5.73 Å². The molecule has 0 saturated carbocycles. The smallest absolute Gasteiger partial charge is 0.306 e. The summed E-state index contributed by atoms with van der Waals surface area (Å²) in [6, 6.07) is -0.219. The number of aromatic nitrogens is 2. The lowest BCUT2D eigenvalue weighted by Gasteiger charge is -2.31. The average Bonchev–Trinajstić information content (AvgIpc) is 2.29. The summed E-state index contributed by atoms with van der Waals surface area (Å²) in [6.07, 6.45) is 5.00. The minimum atomic E-state index is -0.554. The van der Waals surface area contributed by atoms with E-state index < -0.39 is 5.41 Å². The van der Waals surface area contributed by atoms with Crippen LogP contribution in [0, 0.1) is 0 Å². The molecule has 0 aliphatic carbocycles. The zero-order valence-electron chi connectivity index (χ0n) is 9.80. The first-order chi connectivity index (χ1) is 7.50. The van der Waals surface area contributed by atoms with Crippen molar-refractivity contribution in [3.8, 4) is 0 Å². The van der Waals surface area contributed by atoms with Gasteiger partial charge in [0.15, 0.2) is 0 Å². The Morgan fingerprint density at radius 3 is 2.75 bits per heavy atom. The Morgan fingerprint density at radius 2 is 2.31 bits per heavy atom. The highest BCUT2D eigenvalue weighted by Gasteiger charge is 2.35. The third kappa shape index (κ3) is 2.55. The largest absolute Gasteiger partial charge is 0.469 e.